The molecule has 1 aromatic carbocycles. The van der Waals surface area contributed by atoms with Crippen molar-refractivity contribution >= 4 is 17.5 Å². The van der Waals surface area contributed by atoms with Gasteiger partial charge in [-0.25, -0.2) is 4.98 Å². The Morgan fingerprint density at radius 2 is 2.03 bits per heavy atom. The van der Waals surface area contributed by atoms with Crippen LogP contribution in [0.1, 0.15) is 43.9 Å². The van der Waals surface area contributed by atoms with Crippen molar-refractivity contribution in [3.05, 3.63) is 41.6 Å². The summed E-state index contributed by atoms with van der Waals surface area (Å²) < 4.78 is 0. The van der Waals surface area contributed by atoms with Crippen molar-refractivity contribution in [2.45, 2.75) is 51.1 Å². The number of hydrogen-bond acceptors (Lipinski definition) is 7. The van der Waals surface area contributed by atoms with Crippen LogP contribution in [0.15, 0.2) is 30.3 Å². The topological polar surface area (TPSA) is 88.9 Å². The number of rotatable bonds is 7. The van der Waals surface area contributed by atoms with Crippen molar-refractivity contribution in [2.24, 2.45) is 0 Å². The van der Waals surface area contributed by atoms with E-state index in [0.717, 1.165) is 62.6 Å². The Bertz CT molecular complexity index is 885. The van der Waals surface area contributed by atoms with Gasteiger partial charge in [0.05, 0.1) is 11.6 Å². The molecule has 2 fully saturated rings. The van der Waals surface area contributed by atoms with Crippen molar-refractivity contribution in [2.75, 3.05) is 36.4 Å². The van der Waals surface area contributed by atoms with Gasteiger partial charge in [-0.15, -0.1) is 0 Å². The summed E-state index contributed by atoms with van der Waals surface area (Å²) in [5, 5.41) is 19.7. The van der Waals surface area contributed by atoms with Crippen molar-refractivity contribution in [1.82, 2.24) is 20.6 Å². The average molecular weight is 406 g/mol. The first-order valence-corrected chi connectivity index (χ1v) is 11.1. The summed E-state index contributed by atoms with van der Waals surface area (Å²) >= 11 is 0. The van der Waals surface area contributed by atoms with Crippen molar-refractivity contribution in [1.29, 1.82) is 5.26 Å². The number of aromatic nitrogens is 2. The molecule has 3 N–H and O–H groups in total. The Hall–Kier alpha value is -2.69. The van der Waals surface area contributed by atoms with E-state index in [4.69, 9.17) is 15.2 Å². The number of piperidine rings is 1. The van der Waals surface area contributed by atoms with Gasteiger partial charge in [0.25, 0.3) is 0 Å². The number of hydrogen-bond donors (Lipinski definition) is 3. The van der Waals surface area contributed by atoms with E-state index in [9.17, 15) is 0 Å². The molecule has 3 heterocycles. The molecule has 1 unspecified atom stereocenters. The normalized spacial score (nSPS) is 19.6. The summed E-state index contributed by atoms with van der Waals surface area (Å²) in [5.74, 6) is 1.59. The fourth-order valence-corrected chi connectivity index (χ4v) is 4.31. The van der Waals surface area contributed by atoms with Gasteiger partial charge in [-0.1, -0.05) is 19.4 Å². The van der Waals surface area contributed by atoms with Crippen LogP contribution < -0.4 is 20.9 Å². The zero-order valence-electron chi connectivity index (χ0n) is 17.7. The predicted octanol–water partition coefficient (Wildman–Crippen LogP) is 2.96. The summed E-state index contributed by atoms with van der Waals surface area (Å²) in [6, 6.07) is 12.9. The lowest BCUT2D eigenvalue weighted by molar-refractivity contribution is 0.356. The van der Waals surface area contributed by atoms with Crippen LogP contribution in [0.25, 0.3) is 0 Å². The van der Waals surface area contributed by atoms with Crippen LogP contribution in [0.4, 0.5) is 17.5 Å². The maximum atomic E-state index is 9.15. The molecule has 7 heteroatoms. The number of nitrogens with zero attached hydrogens (tertiary/aromatic N) is 4. The quantitative estimate of drug-likeness (QED) is 0.652. The second-order valence-electron chi connectivity index (χ2n) is 8.23. The van der Waals surface area contributed by atoms with Crippen LogP contribution in [0.2, 0.25) is 0 Å². The molecule has 7 nitrogen and oxygen atoms in total. The first-order valence-electron chi connectivity index (χ1n) is 11.1. The Morgan fingerprint density at radius 1 is 1.17 bits per heavy atom. The Balaban J connectivity index is 1.47. The van der Waals surface area contributed by atoms with Crippen LogP contribution >= 0.6 is 0 Å². The van der Waals surface area contributed by atoms with E-state index in [0.29, 0.717) is 23.6 Å². The lowest BCUT2D eigenvalue weighted by atomic mass is 10.1. The number of benzene rings is 1. The minimum absolute atomic E-state index is 0.515. The van der Waals surface area contributed by atoms with Gasteiger partial charge in [-0.05, 0) is 57.0 Å². The van der Waals surface area contributed by atoms with Crippen LogP contribution in [0, 0.1) is 11.3 Å². The third-order valence-electron chi connectivity index (χ3n) is 5.84. The van der Waals surface area contributed by atoms with E-state index >= 15 is 0 Å². The molecule has 30 heavy (non-hydrogen) atoms. The molecule has 0 bridgehead atoms. The smallest absolute Gasteiger partial charge is 0.229 e. The third kappa shape index (κ3) is 5.26. The molecule has 2 saturated heterocycles. The molecule has 2 aromatic rings. The summed E-state index contributed by atoms with van der Waals surface area (Å²) in [7, 11) is 0. The molecule has 0 saturated carbocycles. The summed E-state index contributed by atoms with van der Waals surface area (Å²) in [6.07, 6.45) is 5.53. The molecule has 1 atom stereocenters. The standard InChI is InChI=1S/C23H31N7/c1-2-4-19-14-22(29-23(27-19)28-20-6-3-5-17(13-20)15-24)30-12-9-21(16-30)26-18-7-10-25-11-8-18/h3,5-6,13-14,18,21,25-26H,2,4,7-12,16H2,1H3,(H,27,28,29). The third-order valence-corrected chi connectivity index (χ3v) is 5.84. The molecule has 0 aliphatic carbocycles. The van der Waals surface area contributed by atoms with Gasteiger partial charge in [-0.3, -0.25) is 0 Å². The number of aryl methyl sites for hydroxylation is 1. The van der Waals surface area contributed by atoms with E-state index in [2.05, 4.69) is 39.9 Å². The maximum absolute atomic E-state index is 9.15. The highest BCUT2D eigenvalue weighted by Gasteiger charge is 2.26. The first-order chi connectivity index (χ1) is 14.7. The van der Waals surface area contributed by atoms with Crippen molar-refractivity contribution in [3.63, 3.8) is 0 Å². The number of nitriles is 1. The second kappa shape index (κ2) is 9.88. The highest BCUT2D eigenvalue weighted by molar-refractivity contribution is 5.58. The van der Waals surface area contributed by atoms with E-state index in [1.165, 1.54) is 12.8 Å². The molecule has 2 aliphatic rings. The highest BCUT2D eigenvalue weighted by atomic mass is 15.3. The number of nitrogens with one attached hydrogen (secondary N) is 3. The maximum Gasteiger partial charge on any atom is 0.229 e. The molecule has 2 aliphatic heterocycles. The second-order valence-corrected chi connectivity index (χ2v) is 8.23. The Labute approximate surface area is 178 Å². The number of anilines is 3. The fraction of sp³-hybridized carbons (Fsp3) is 0.522. The van der Waals surface area contributed by atoms with Gasteiger partial charge in [0, 0.05) is 42.6 Å². The first kappa shape index (κ1) is 20.6. The molecule has 0 amide bonds. The largest absolute Gasteiger partial charge is 0.355 e. The van der Waals surface area contributed by atoms with Gasteiger partial charge in [0.2, 0.25) is 5.95 Å². The summed E-state index contributed by atoms with van der Waals surface area (Å²) in [6.45, 7) is 6.38. The van der Waals surface area contributed by atoms with Crippen molar-refractivity contribution in [3.8, 4) is 6.07 Å². The monoisotopic (exact) mass is 405 g/mol. The van der Waals surface area contributed by atoms with Gasteiger partial charge in [0.1, 0.15) is 5.82 Å². The SMILES string of the molecule is CCCc1cc(N2CCC(NC3CCNCC3)C2)nc(Nc2cccc(C#N)c2)n1. The van der Waals surface area contributed by atoms with Gasteiger partial charge in [0.15, 0.2) is 0 Å². The zero-order valence-corrected chi connectivity index (χ0v) is 17.7. The molecule has 1 aromatic heterocycles. The van der Waals surface area contributed by atoms with E-state index in [1.807, 2.05) is 18.2 Å². The summed E-state index contributed by atoms with van der Waals surface area (Å²) in [5.41, 5.74) is 2.51. The zero-order chi connectivity index (χ0) is 20.8. The lowest BCUT2D eigenvalue weighted by Crippen LogP contribution is -2.45. The van der Waals surface area contributed by atoms with Gasteiger partial charge in [-0.2, -0.15) is 10.2 Å². The fourth-order valence-electron chi connectivity index (χ4n) is 4.31. The average Bonchev–Trinajstić information content (AvgIpc) is 3.23. The molecule has 158 valence electrons. The lowest BCUT2D eigenvalue weighted by Gasteiger charge is -2.27. The van der Waals surface area contributed by atoms with Crippen LogP contribution in [0.5, 0.6) is 0 Å². The predicted molar refractivity (Wildman–Crippen MR) is 120 cm³/mol. The van der Waals surface area contributed by atoms with Gasteiger partial charge >= 0.3 is 0 Å². The van der Waals surface area contributed by atoms with Gasteiger partial charge < -0.3 is 20.9 Å². The highest BCUT2D eigenvalue weighted by Crippen LogP contribution is 2.24. The Morgan fingerprint density at radius 3 is 2.83 bits per heavy atom. The van der Waals surface area contributed by atoms with E-state index in [1.54, 1.807) is 6.07 Å². The minimum atomic E-state index is 0.515. The van der Waals surface area contributed by atoms with Crippen LogP contribution in [-0.4, -0.2) is 48.2 Å². The van der Waals surface area contributed by atoms with Crippen molar-refractivity contribution < 1.29 is 0 Å². The van der Waals surface area contributed by atoms with E-state index < -0.39 is 0 Å². The molecular weight excluding hydrogens is 374 g/mol. The molecule has 4 rings (SSSR count). The summed E-state index contributed by atoms with van der Waals surface area (Å²) in [4.78, 5) is 11.9. The van der Waals surface area contributed by atoms with Crippen LogP contribution in [-0.2, 0) is 6.42 Å². The molecule has 0 radical (unpaired) electrons. The minimum Gasteiger partial charge on any atom is -0.355 e. The Kier molecular flexibility index (Phi) is 6.77. The van der Waals surface area contributed by atoms with E-state index in [-0.39, 0.29) is 0 Å². The molecule has 0 spiro atoms. The van der Waals surface area contributed by atoms with Crippen LogP contribution in [0.3, 0.4) is 0 Å². The molecular formula is C23H31N7.